The zero-order valence-corrected chi connectivity index (χ0v) is 11.5. The van der Waals surface area contributed by atoms with Gasteiger partial charge in [0.05, 0.1) is 32.2 Å². The van der Waals surface area contributed by atoms with Crippen molar-refractivity contribution in [1.29, 1.82) is 0 Å². The maximum Gasteiger partial charge on any atom is 0.131 e. The van der Waals surface area contributed by atoms with Crippen LogP contribution in [-0.2, 0) is 6.54 Å². The van der Waals surface area contributed by atoms with Crippen LogP contribution < -0.4 is 15.2 Å². The van der Waals surface area contributed by atoms with Gasteiger partial charge in [-0.15, -0.1) is 0 Å². The number of hydrogen-bond acceptors (Lipinski definition) is 4. The minimum atomic E-state index is 0.548. The van der Waals surface area contributed by atoms with Crippen molar-refractivity contribution < 1.29 is 9.47 Å². The van der Waals surface area contributed by atoms with Crippen LogP contribution in [0.1, 0.15) is 5.69 Å². The van der Waals surface area contributed by atoms with Crippen molar-refractivity contribution in [2.45, 2.75) is 13.5 Å². The van der Waals surface area contributed by atoms with Gasteiger partial charge in [0.25, 0.3) is 0 Å². The van der Waals surface area contributed by atoms with E-state index in [-0.39, 0.29) is 0 Å². The average Bonchev–Trinajstić information content (AvgIpc) is 2.79. The second-order valence-corrected chi connectivity index (χ2v) is 4.25. The monoisotopic (exact) mass is 261 g/mol. The quantitative estimate of drug-likeness (QED) is 0.892. The van der Waals surface area contributed by atoms with Gasteiger partial charge >= 0.3 is 0 Å². The third-order valence-corrected chi connectivity index (χ3v) is 2.93. The molecule has 5 nitrogen and oxygen atoms in total. The summed E-state index contributed by atoms with van der Waals surface area (Å²) in [4.78, 5) is 0. The van der Waals surface area contributed by atoms with Gasteiger partial charge in [0.2, 0.25) is 0 Å². The maximum atomic E-state index is 5.62. The summed E-state index contributed by atoms with van der Waals surface area (Å²) in [6.45, 7) is 3.19. The van der Waals surface area contributed by atoms with Gasteiger partial charge in [-0.25, -0.2) is 0 Å². The fraction of sp³-hybridized carbons (Fsp3) is 0.357. The molecule has 0 atom stereocenters. The second kappa shape index (κ2) is 5.75. The summed E-state index contributed by atoms with van der Waals surface area (Å²) in [6, 6.07) is 7.78. The predicted octanol–water partition coefficient (Wildman–Crippen LogP) is 1.83. The first-order valence-corrected chi connectivity index (χ1v) is 6.16. The minimum Gasteiger partial charge on any atom is -0.497 e. The Morgan fingerprint density at radius 3 is 2.63 bits per heavy atom. The lowest BCUT2D eigenvalue weighted by Crippen LogP contribution is -2.12. The van der Waals surface area contributed by atoms with Crippen LogP contribution in [0.15, 0.2) is 24.3 Å². The molecule has 1 heterocycles. The normalized spacial score (nSPS) is 10.5. The van der Waals surface area contributed by atoms with Gasteiger partial charge in [0.1, 0.15) is 11.5 Å². The van der Waals surface area contributed by atoms with Crippen molar-refractivity contribution in [2.75, 3.05) is 20.8 Å². The number of nitrogens with two attached hydrogens (primary N) is 1. The summed E-state index contributed by atoms with van der Waals surface area (Å²) in [5.41, 5.74) is 8.57. The lowest BCUT2D eigenvalue weighted by Gasteiger charge is -2.12. The zero-order valence-electron chi connectivity index (χ0n) is 11.5. The Labute approximate surface area is 112 Å². The maximum absolute atomic E-state index is 5.62. The summed E-state index contributed by atoms with van der Waals surface area (Å²) in [6.07, 6.45) is 0. The van der Waals surface area contributed by atoms with E-state index in [1.54, 1.807) is 14.2 Å². The third kappa shape index (κ3) is 2.71. The molecule has 0 radical (unpaired) electrons. The van der Waals surface area contributed by atoms with E-state index in [0.717, 1.165) is 28.5 Å². The first kappa shape index (κ1) is 13.4. The van der Waals surface area contributed by atoms with E-state index in [2.05, 4.69) is 5.10 Å². The predicted molar refractivity (Wildman–Crippen MR) is 74.6 cm³/mol. The van der Waals surface area contributed by atoms with Crippen LogP contribution in [-0.4, -0.2) is 30.5 Å². The Kier molecular flexibility index (Phi) is 4.06. The molecule has 0 spiro atoms. The molecule has 0 aliphatic carbocycles. The fourth-order valence-corrected chi connectivity index (χ4v) is 2.07. The van der Waals surface area contributed by atoms with Gasteiger partial charge < -0.3 is 15.2 Å². The lowest BCUT2D eigenvalue weighted by atomic mass is 10.1. The summed E-state index contributed by atoms with van der Waals surface area (Å²) >= 11 is 0. The van der Waals surface area contributed by atoms with E-state index in [1.165, 1.54) is 0 Å². The summed E-state index contributed by atoms with van der Waals surface area (Å²) < 4.78 is 12.5. The Bertz CT molecular complexity index is 564. The molecule has 2 aromatic rings. The number of benzene rings is 1. The van der Waals surface area contributed by atoms with Crippen LogP contribution >= 0.6 is 0 Å². The third-order valence-electron chi connectivity index (χ3n) is 2.93. The molecule has 0 aliphatic heterocycles. The van der Waals surface area contributed by atoms with Crippen LogP contribution in [0.2, 0.25) is 0 Å². The Hall–Kier alpha value is -2.01. The van der Waals surface area contributed by atoms with E-state index in [1.807, 2.05) is 35.9 Å². The SMILES string of the molecule is COc1ccc(-c2cc(C)nn2CCN)c(OC)c1. The second-order valence-electron chi connectivity index (χ2n) is 4.25. The molecular formula is C14H19N3O2. The van der Waals surface area contributed by atoms with Gasteiger partial charge in [0.15, 0.2) is 0 Å². The average molecular weight is 261 g/mol. The van der Waals surface area contributed by atoms with Crippen LogP contribution in [0, 0.1) is 6.92 Å². The topological polar surface area (TPSA) is 62.3 Å². The summed E-state index contributed by atoms with van der Waals surface area (Å²) in [7, 11) is 3.28. The first-order valence-electron chi connectivity index (χ1n) is 6.16. The van der Waals surface area contributed by atoms with Crippen LogP contribution in [0.4, 0.5) is 0 Å². The number of hydrogen-bond donors (Lipinski definition) is 1. The van der Waals surface area contributed by atoms with Gasteiger partial charge in [0, 0.05) is 18.2 Å². The highest BCUT2D eigenvalue weighted by Crippen LogP contribution is 2.33. The molecule has 0 aliphatic rings. The van der Waals surface area contributed by atoms with Crippen molar-refractivity contribution in [3.8, 4) is 22.8 Å². The molecule has 2 rings (SSSR count). The van der Waals surface area contributed by atoms with Crippen molar-refractivity contribution in [2.24, 2.45) is 5.73 Å². The molecule has 5 heteroatoms. The molecule has 1 aromatic heterocycles. The molecule has 0 saturated heterocycles. The molecule has 2 N–H and O–H groups in total. The van der Waals surface area contributed by atoms with Gasteiger partial charge in [-0.1, -0.05) is 0 Å². The Balaban J connectivity index is 2.51. The number of ether oxygens (including phenoxy) is 2. The van der Waals surface area contributed by atoms with Gasteiger partial charge in [-0.05, 0) is 25.1 Å². The first-order chi connectivity index (χ1) is 9.19. The van der Waals surface area contributed by atoms with E-state index < -0.39 is 0 Å². The molecule has 102 valence electrons. The molecule has 0 bridgehead atoms. The Morgan fingerprint density at radius 2 is 2.00 bits per heavy atom. The highest BCUT2D eigenvalue weighted by molar-refractivity contribution is 5.69. The fourth-order valence-electron chi connectivity index (χ4n) is 2.07. The Morgan fingerprint density at radius 1 is 1.21 bits per heavy atom. The van der Waals surface area contributed by atoms with E-state index in [0.29, 0.717) is 13.1 Å². The van der Waals surface area contributed by atoms with Gasteiger partial charge in [-0.2, -0.15) is 5.10 Å². The molecule has 0 amide bonds. The van der Waals surface area contributed by atoms with Crippen LogP contribution in [0.25, 0.3) is 11.3 Å². The lowest BCUT2D eigenvalue weighted by molar-refractivity contribution is 0.395. The minimum absolute atomic E-state index is 0.548. The molecule has 1 aromatic carbocycles. The standard InChI is InChI=1S/C14H19N3O2/c1-10-8-13(17(16-10)7-6-15)12-5-4-11(18-2)9-14(12)19-3/h4-5,8-9H,6-7,15H2,1-3H3. The largest absolute Gasteiger partial charge is 0.497 e. The van der Waals surface area contributed by atoms with Crippen LogP contribution in [0.3, 0.4) is 0 Å². The highest BCUT2D eigenvalue weighted by atomic mass is 16.5. The summed E-state index contributed by atoms with van der Waals surface area (Å²) in [5, 5.41) is 4.44. The number of aryl methyl sites for hydroxylation is 1. The van der Waals surface area contributed by atoms with E-state index in [9.17, 15) is 0 Å². The van der Waals surface area contributed by atoms with Crippen molar-refractivity contribution in [3.05, 3.63) is 30.0 Å². The van der Waals surface area contributed by atoms with Crippen LogP contribution in [0.5, 0.6) is 11.5 Å². The van der Waals surface area contributed by atoms with E-state index >= 15 is 0 Å². The zero-order chi connectivity index (χ0) is 13.8. The molecular weight excluding hydrogens is 242 g/mol. The van der Waals surface area contributed by atoms with Crippen molar-refractivity contribution in [1.82, 2.24) is 9.78 Å². The van der Waals surface area contributed by atoms with E-state index in [4.69, 9.17) is 15.2 Å². The summed E-state index contributed by atoms with van der Waals surface area (Å²) in [5.74, 6) is 1.53. The molecule has 19 heavy (non-hydrogen) atoms. The van der Waals surface area contributed by atoms with Crippen molar-refractivity contribution >= 4 is 0 Å². The molecule has 0 fully saturated rings. The highest BCUT2D eigenvalue weighted by Gasteiger charge is 2.13. The smallest absolute Gasteiger partial charge is 0.131 e. The number of methoxy groups -OCH3 is 2. The van der Waals surface area contributed by atoms with Crippen molar-refractivity contribution in [3.63, 3.8) is 0 Å². The number of aromatic nitrogens is 2. The molecule has 0 unspecified atom stereocenters. The molecule has 0 saturated carbocycles. The number of rotatable bonds is 5. The number of nitrogens with zero attached hydrogens (tertiary/aromatic N) is 2. The van der Waals surface area contributed by atoms with Gasteiger partial charge in [-0.3, -0.25) is 4.68 Å².